The van der Waals surface area contributed by atoms with Gasteiger partial charge in [0.25, 0.3) is 0 Å². The molecule has 19 heavy (non-hydrogen) atoms. The van der Waals surface area contributed by atoms with E-state index in [0.29, 0.717) is 12.3 Å². The molecule has 1 aromatic rings. The number of amides is 1. The minimum atomic E-state index is -1.12. The number of aliphatic carboxylic acids is 1. The summed E-state index contributed by atoms with van der Waals surface area (Å²) in [7, 11) is 3.16. The van der Waals surface area contributed by atoms with E-state index in [0.717, 1.165) is 16.7 Å². The van der Waals surface area contributed by atoms with Crippen molar-refractivity contribution in [2.24, 2.45) is 0 Å². The number of nitrogens with zero attached hydrogens (tertiary/aromatic N) is 1. The number of hydrogen-bond acceptors (Lipinski definition) is 3. The van der Waals surface area contributed by atoms with Crippen LogP contribution in [0, 0.1) is 13.8 Å². The fourth-order valence-corrected chi connectivity index (χ4v) is 1.77. The molecule has 0 saturated heterocycles. The Morgan fingerprint density at radius 3 is 2.37 bits per heavy atom. The Balaban J connectivity index is 2.89. The van der Waals surface area contributed by atoms with Gasteiger partial charge in [0.15, 0.2) is 0 Å². The van der Waals surface area contributed by atoms with E-state index in [-0.39, 0.29) is 0 Å². The molecular weight excluding hydrogens is 246 g/mol. The predicted octanol–water partition coefficient (Wildman–Crippen LogP) is 1.75. The van der Waals surface area contributed by atoms with Crippen LogP contribution in [0.3, 0.4) is 0 Å². The third-order valence-electron chi connectivity index (χ3n) is 3.03. The molecule has 0 spiro atoms. The fraction of sp³-hybridized carbons (Fsp3) is 0.429. The Morgan fingerprint density at radius 2 is 1.84 bits per heavy atom. The van der Waals surface area contributed by atoms with Crippen molar-refractivity contribution in [1.82, 2.24) is 4.90 Å². The second kappa shape index (κ2) is 6.22. The van der Waals surface area contributed by atoms with Crippen molar-refractivity contribution in [3.63, 3.8) is 0 Å². The molecule has 1 aromatic carbocycles. The quantitative estimate of drug-likeness (QED) is 0.824. The number of ether oxygens (including phenoxy) is 1. The molecule has 1 rings (SSSR count). The maximum atomic E-state index is 11.6. The minimum Gasteiger partial charge on any atom is -0.496 e. The van der Waals surface area contributed by atoms with Gasteiger partial charge < -0.3 is 14.7 Å². The number of aryl methyl sites for hydroxylation is 2. The van der Waals surface area contributed by atoms with Crippen LogP contribution in [0.1, 0.15) is 23.1 Å². The van der Waals surface area contributed by atoms with Gasteiger partial charge in [0, 0.05) is 19.2 Å². The summed E-state index contributed by atoms with van der Waals surface area (Å²) in [5.74, 6) is -0.838. The van der Waals surface area contributed by atoms with E-state index in [1.165, 1.54) is 4.90 Å². The molecule has 0 aliphatic carbocycles. The highest BCUT2D eigenvalue weighted by Crippen LogP contribution is 2.24. The van der Waals surface area contributed by atoms with Crippen molar-refractivity contribution in [2.75, 3.05) is 14.2 Å². The standard InChI is InChI=1S/C14H19NO4/c1-9-5-11(12(19-4)6-10(9)2)8-15(3)13(16)7-14(17)18/h5-6H,7-8H2,1-4H3,(H,17,18). The smallest absolute Gasteiger partial charge is 0.312 e. The summed E-state index contributed by atoms with van der Waals surface area (Å²) in [4.78, 5) is 23.5. The van der Waals surface area contributed by atoms with Crippen LogP contribution in [-0.2, 0) is 16.1 Å². The molecule has 0 aliphatic heterocycles. The number of carbonyl (C=O) groups is 2. The van der Waals surface area contributed by atoms with Gasteiger partial charge in [-0.15, -0.1) is 0 Å². The zero-order chi connectivity index (χ0) is 14.6. The van der Waals surface area contributed by atoms with Crippen molar-refractivity contribution >= 4 is 11.9 Å². The highest BCUT2D eigenvalue weighted by atomic mass is 16.5. The van der Waals surface area contributed by atoms with Crippen LogP contribution in [0.4, 0.5) is 0 Å². The van der Waals surface area contributed by atoms with E-state index in [2.05, 4.69) is 0 Å². The van der Waals surface area contributed by atoms with E-state index >= 15 is 0 Å². The second-order valence-electron chi connectivity index (χ2n) is 4.57. The fourth-order valence-electron chi connectivity index (χ4n) is 1.77. The van der Waals surface area contributed by atoms with Crippen molar-refractivity contribution in [2.45, 2.75) is 26.8 Å². The number of methoxy groups -OCH3 is 1. The number of carbonyl (C=O) groups excluding carboxylic acids is 1. The van der Waals surface area contributed by atoms with Crippen molar-refractivity contribution < 1.29 is 19.4 Å². The maximum absolute atomic E-state index is 11.6. The first-order valence-corrected chi connectivity index (χ1v) is 5.95. The monoisotopic (exact) mass is 265 g/mol. The van der Waals surface area contributed by atoms with Gasteiger partial charge >= 0.3 is 5.97 Å². The van der Waals surface area contributed by atoms with E-state index < -0.39 is 18.3 Å². The average molecular weight is 265 g/mol. The Bertz CT molecular complexity index is 496. The van der Waals surface area contributed by atoms with Crippen LogP contribution < -0.4 is 4.74 Å². The Hall–Kier alpha value is -2.04. The topological polar surface area (TPSA) is 66.8 Å². The van der Waals surface area contributed by atoms with Crippen LogP contribution >= 0.6 is 0 Å². The highest BCUT2D eigenvalue weighted by Gasteiger charge is 2.15. The third kappa shape index (κ3) is 3.98. The lowest BCUT2D eigenvalue weighted by molar-refractivity contribution is -0.143. The predicted molar refractivity (Wildman–Crippen MR) is 71.2 cm³/mol. The van der Waals surface area contributed by atoms with Gasteiger partial charge in [-0.25, -0.2) is 0 Å². The van der Waals surface area contributed by atoms with Gasteiger partial charge in [0.1, 0.15) is 12.2 Å². The van der Waals surface area contributed by atoms with E-state index in [4.69, 9.17) is 9.84 Å². The van der Waals surface area contributed by atoms with Crippen molar-refractivity contribution in [3.8, 4) is 5.75 Å². The van der Waals surface area contributed by atoms with Gasteiger partial charge in [-0.2, -0.15) is 0 Å². The first kappa shape index (κ1) is 15.0. The van der Waals surface area contributed by atoms with Crippen molar-refractivity contribution in [3.05, 3.63) is 28.8 Å². The summed E-state index contributed by atoms with van der Waals surface area (Å²) in [5.41, 5.74) is 3.09. The largest absolute Gasteiger partial charge is 0.496 e. The summed E-state index contributed by atoms with van der Waals surface area (Å²) >= 11 is 0. The number of carboxylic acid groups (broad SMARTS) is 1. The first-order valence-electron chi connectivity index (χ1n) is 5.95. The van der Waals surface area contributed by atoms with E-state index in [1.807, 2.05) is 26.0 Å². The van der Waals surface area contributed by atoms with Crippen LogP contribution in [0.25, 0.3) is 0 Å². The maximum Gasteiger partial charge on any atom is 0.312 e. The molecule has 1 amide bonds. The molecule has 0 bridgehead atoms. The molecule has 0 heterocycles. The molecular formula is C14H19NO4. The van der Waals surface area contributed by atoms with E-state index in [9.17, 15) is 9.59 Å². The molecule has 0 unspecified atom stereocenters. The van der Waals surface area contributed by atoms with Gasteiger partial charge in [0.05, 0.1) is 7.11 Å². The Morgan fingerprint density at radius 1 is 1.26 bits per heavy atom. The SMILES string of the molecule is COc1cc(C)c(C)cc1CN(C)C(=O)CC(=O)O. The lowest BCUT2D eigenvalue weighted by Crippen LogP contribution is -2.28. The number of rotatable bonds is 5. The van der Waals surface area contributed by atoms with Crippen LogP contribution in [0.2, 0.25) is 0 Å². The molecule has 0 aromatic heterocycles. The summed E-state index contributed by atoms with van der Waals surface area (Å²) in [5, 5.41) is 8.61. The molecule has 5 heteroatoms. The molecule has 5 nitrogen and oxygen atoms in total. The van der Waals surface area contributed by atoms with Gasteiger partial charge in [-0.3, -0.25) is 9.59 Å². The van der Waals surface area contributed by atoms with Crippen molar-refractivity contribution in [1.29, 1.82) is 0 Å². The van der Waals surface area contributed by atoms with Crippen LogP contribution in [-0.4, -0.2) is 36.0 Å². The zero-order valence-corrected chi connectivity index (χ0v) is 11.7. The molecule has 104 valence electrons. The molecule has 0 fully saturated rings. The van der Waals surface area contributed by atoms with Gasteiger partial charge in [-0.05, 0) is 31.0 Å². The summed E-state index contributed by atoms with van der Waals surface area (Å²) < 4.78 is 5.29. The minimum absolute atomic E-state index is 0.330. The molecule has 0 aliphatic rings. The van der Waals surface area contributed by atoms with Gasteiger partial charge in [0.2, 0.25) is 5.91 Å². The van der Waals surface area contributed by atoms with Gasteiger partial charge in [-0.1, -0.05) is 6.07 Å². The van der Waals surface area contributed by atoms with E-state index in [1.54, 1.807) is 14.2 Å². The lowest BCUT2D eigenvalue weighted by Gasteiger charge is -2.19. The normalized spacial score (nSPS) is 10.1. The number of carboxylic acids is 1. The zero-order valence-electron chi connectivity index (χ0n) is 11.7. The first-order chi connectivity index (χ1) is 8.85. The van der Waals surface area contributed by atoms with Crippen LogP contribution in [0.15, 0.2) is 12.1 Å². The number of benzene rings is 1. The van der Waals surface area contributed by atoms with Crippen LogP contribution in [0.5, 0.6) is 5.75 Å². The third-order valence-corrected chi connectivity index (χ3v) is 3.03. The summed E-state index contributed by atoms with van der Waals surface area (Å²) in [6, 6.07) is 3.87. The lowest BCUT2D eigenvalue weighted by atomic mass is 10.0. The Kier molecular flexibility index (Phi) is 4.92. The second-order valence-corrected chi connectivity index (χ2v) is 4.57. The molecule has 0 radical (unpaired) electrons. The molecule has 0 atom stereocenters. The summed E-state index contributed by atoms with van der Waals surface area (Å²) in [6.07, 6.45) is -0.496. The Labute approximate surface area is 112 Å². The molecule has 0 saturated carbocycles. The molecule has 1 N–H and O–H groups in total. The average Bonchev–Trinajstić information content (AvgIpc) is 2.32. The summed E-state index contributed by atoms with van der Waals surface area (Å²) in [6.45, 7) is 4.30. The highest BCUT2D eigenvalue weighted by molar-refractivity contribution is 5.93. The number of hydrogen-bond donors (Lipinski definition) is 1.